The van der Waals surface area contributed by atoms with Gasteiger partial charge in [-0.2, -0.15) is 0 Å². The molecule has 0 aliphatic carbocycles. The van der Waals surface area contributed by atoms with Gasteiger partial charge in [-0.25, -0.2) is 4.79 Å². The molecule has 5 heteroatoms. The first-order valence-electron chi connectivity index (χ1n) is 7.44. The zero-order valence-electron chi connectivity index (χ0n) is 12.3. The van der Waals surface area contributed by atoms with Gasteiger partial charge in [0.2, 0.25) is 5.91 Å². The van der Waals surface area contributed by atoms with E-state index in [0.717, 1.165) is 25.7 Å². The van der Waals surface area contributed by atoms with Gasteiger partial charge in [-0.15, -0.1) is 0 Å². The third-order valence-electron chi connectivity index (χ3n) is 3.62. The van der Waals surface area contributed by atoms with Gasteiger partial charge in [-0.05, 0) is 18.6 Å². The quantitative estimate of drug-likeness (QED) is 0.818. The highest BCUT2D eigenvalue weighted by atomic mass is 16.5. The highest BCUT2D eigenvalue weighted by Gasteiger charge is 2.26. The van der Waals surface area contributed by atoms with Crippen molar-refractivity contribution in [2.75, 3.05) is 18.1 Å². The van der Waals surface area contributed by atoms with Crippen molar-refractivity contribution in [1.82, 2.24) is 0 Å². The van der Waals surface area contributed by atoms with E-state index in [9.17, 15) is 14.7 Å². The first-order chi connectivity index (χ1) is 10.1. The fraction of sp³-hybridized carbons (Fsp3) is 0.500. The van der Waals surface area contributed by atoms with Crippen molar-refractivity contribution in [3.05, 3.63) is 23.8 Å². The number of amides is 1. The Morgan fingerprint density at radius 2 is 2.10 bits per heavy atom. The summed E-state index contributed by atoms with van der Waals surface area (Å²) in [6.45, 7) is 2.94. The fourth-order valence-electron chi connectivity index (χ4n) is 2.51. The maximum atomic E-state index is 12.3. The second-order valence-electron chi connectivity index (χ2n) is 5.16. The number of carboxylic acid groups (broad SMARTS) is 1. The minimum absolute atomic E-state index is 0.0400. The number of para-hydroxylation sites is 1. The molecule has 114 valence electrons. The molecule has 21 heavy (non-hydrogen) atoms. The molecular weight excluding hydrogens is 270 g/mol. The number of ether oxygens (including phenoxy) is 1. The van der Waals surface area contributed by atoms with Crippen LogP contribution in [0.15, 0.2) is 18.2 Å². The number of rotatable bonds is 6. The van der Waals surface area contributed by atoms with Crippen molar-refractivity contribution in [3.8, 4) is 5.75 Å². The molecule has 0 aromatic heterocycles. The molecule has 0 saturated heterocycles. The van der Waals surface area contributed by atoms with Crippen LogP contribution in [0.1, 0.15) is 49.4 Å². The summed E-state index contributed by atoms with van der Waals surface area (Å²) in [5.74, 6) is -0.694. The summed E-state index contributed by atoms with van der Waals surface area (Å²) in [6.07, 6.45) is 4.69. The second-order valence-corrected chi connectivity index (χ2v) is 5.16. The lowest BCUT2D eigenvalue weighted by Gasteiger charge is -2.30. The molecule has 1 heterocycles. The molecule has 0 unspecified atom stereocenters. The summed E-state index contributed by atoms with van der Waals surface area (Å²) in [5, 5.41) is 9.18. The van der Waals surface area contributed by atoms with Gasteiger partial charge in [0.05, 0.1) is 12.2 Å². The third-order valence-corrected chi connectivity index (χ3v) is 3.62. The minimum atomic E-state index is -1.04. The van der Waals surface area contributed by atoms with Gasteiger partial charge < -0.3 is 14.7 Å². The summed E-state index contributed by atoms with van der Waals surface area (Å²) in [6, 6.07) is 4.88. The molecule has 1 aliphatic rings. The molecule has 0 atom stereocenters. The van der Waals surface area contributed by atoms with Crippen LogP contribution < -0.4 is 9.64 Å². The van der Waals surface area contributed by atoms with E-state index in [1.165, 1.54) is 6.07 Å². The monoisotopic (exact) mass is 291 g/mol. The molecule has 0 saturated carbocycles. The van der Waals surface area contributed by atoms with Gasteiger partial charge >= 0.3 is 5.97 Å². The van der Waals surface area contributed by atoms with Crippen LogP contribution in [0.3, 0.4) is 0 Å². The SMILES string of the molecule is CCCCCCC(=O)N1CCOc2c(C(=O)O)cccc21. The van der Waals surface area contributed by atoms with Gasteiger partial charge in [0.25, 0.3) is 0 Å². The van der Waals surface area contributed by atoms with Crippen molar-refractivity contribution in [3.63, 3.8) is 0 Å². The van der Waals surface area contributed by atoms with Crippen molar-refractivity contribution in [2.24, 2.45) is 0 Å². The van der Waals surface area contributed by atoms with Crippen LogP contribution >= 0.6 is 0 Å². The van der Waals surface area contributed by atoms with Crippen molar-refractivity contribution >= 4 is 17.6 Å². The Labute approximate surface area is 124 Å². The molecule has 2 rings (SSSR count). The molecule has 1 aliphatic heterocycles. The Hall–Kier alpha value is -2.04. The van der Waals surface area contributed by atoms with Crippen molar-refractivity contribution < 1.29 is 19.4 Å². The lowest BCUT2D eigenvalue weighted by molar-refractivity contribution is -0.119. The Morgan fingerprint density at radius 3 is 2.81 bits per heavy atom. The number of carbonyl (C=O) groups excluding carboxylic acids is 1. The number of hydrogen-bond acceptors (Lipinski definition) is 3. The largest absolute Gasteiger partial charge is 0.489 e. The smallest absolute Gasteiger partial charge is 0.339 e. The Balaban J connectivity index is 2.13. The molecule has 1 aromatic carbocycles. The summed E-state index contributed by atoms with van der Waals surface area (Å²) < 4.78 is 5.46. The van der Waals surface area contributed by atoms with E-state index in [1.807, 2.05) is 0 Å². The first kappa shape index (κ1) is 15.4. The molecule has 0 radical (unpaired) electrons. The van der Waals surface area contributed by atoms with Crippen LogP contribution in [0.25, 0.3) is 0 Å². The molecule has 5 nitrogen and oxygen atoms in total. The summed E-state index contributed by atoms with van der Waals surface area (Å²) in [5.41, 5.74) is 0.678. The van der Waals surface area contributed by atoms with E-state index in [2.05, 4.69) is 6.92 Å². The maximum Gasteiger partial charge on any atom is 0.339 e. The van der Waals surface area contributed by atoms with E-state index in [1.54, 1.807) is 17.0 Å². The fourth-order valence-corrected chi connectivity index (χ4v) is 2.51. The molecule has 0 spiro atoms. The molecule has 0 bridgehead atoms. The predicted octanol–water partition coefficient (Wildman–Crippen LogP) is 3.08. The number of benzene rings is 1. The highest BCUT2D eigenvalue weighted by molar-refractivity contribution is 5.99. The number of hydrogen-bond donors (Lipinski definition) is 1. The molecular formula is C16H21NO4. The molecule has 0 fully saturated rings. The van der Waals surface area contributed by atoms with E-state index >= 15 is 0 Å². The van der Waals surface area contributed by atoms with Crippen LogP contribution in [0, 0.1) is 0 Å². The van der Waals surface area contributed by atoms with E-state index in [-0.39, 0.29) is 11.5 Å². The van der Waals surface area contributed by atoms with Crippen molar-refractivity contribution in [2.45, 2.75) is 39.0 Å². The van der Waals surface area contributed by atoms with Crippen molar-refractivity contribution in [1.29, 1.82) is 0 Å². The molecule has 1 amide bonds. The van der Waals surface area contributed by atoms with Gasteiger partial charge in [-0.3, -0.25) is 4.79 Å². The number of carboxylic acids is 1. The molecule has 1 aromatic rings. The standard InChI is InChI=1S/C16H21NO4/c1-2-3-4-5-9-14(18)17-10-11-21-15-12(16(19)20)7-6-8-13(15)17/h6-8H,2-5,9-11H2,1H3,(H,19,20). The number of unbranched alkanes of at least 4 members (excludes halogenated alkanes) is 3. The normalized spacial score (nSPS) is 13.5. The average molecular weight is 291 g/mol. The lowest BCUT2D eigenvalue weighted by atomic mass is 10.1. The summed E-state index contributed by atoms with van der Waals surface area (Å²) in [7, 11) is 0. The lowest BCUT2D eigenvalue weighted by Crippen LogP contribution is -2.38. The number of fused-ring (bicyclic) bond motifs is 1. The van der Waals surface area contributed by atoms with Crippen LogP contribution in [-0.4, -0.2) is 30.1 Å². The zero-order valence-corrected chi connectivity index (χ0v) is 12.3. The highest BCUT2D eigenvalue weighted by Crippen LogP contribution is 2.35. The van der Waals surface area contributed by atoms with Gasteiger partial charge in [0, 0.05) is 6.42 Å². The summed E-state index contributed by atoms with van der Waals surface area (Å²) in [4.78, 5) is 25.2. The molecule has 1 N–H and O–H groups in total. The number of anilines is 1. The van der Waals surface area contributed by atoms with Gasteiger partial charge in [0.15, 0.2) is 5.75 Å². The van der Waals surface area contributed by atoms with Crippen LogP contribution in [0.5, 0.6) is 5.75 Å². The average Bonchev–Trinajstić information content (AvgIpc) is 2.50. The predicted molar refractivity (Wildman–Crippen MR) is 80.0 cm³/mol. The third kappa shape index (κ3) is 3.54. The summed E-state index contributed by atoms with van der Waals surface area (Å²) >= 11 is 0. The second kappa shape index (κ2) is 7.11. The van der Waals surface area contributed by atoms with Crippen LogP contribution in [-0.2, 0) is 4.79 Å². The number of aromatic carboxylic acids is 1. The Kier molecular flexibility index (Phi) is 5.20. The van der Waals surface area contributed by atoms with Gasteiger partial charge in [-0.1, -0.05) is 32.3 Å². The Bertz CT molecular complexity index is 527. The topological polar surface area (TPSA) is 66.8 Å². The zero-order chi connectivity index (χ0) is 15.2. The Morgan fingerprint density at radius 1 is 1.29 bits per heavy atom. The van der Waals surface area contributed by atoms with Gasteiger partial charge in [0.1, 0.15) is 12.2 Å². The number of carbonyl (C=O) groups is 2. The minimum Gasteiger partial charge on any atom is -0.489 e. The van der Waals surface area contributed by atoms with E-state index in [0.29, 0.717) is 31.0 Å². The maximum absolute atomic E-state index is 12.3. The van der Waals surface area contributed by atoms with Crippen LogP contribution in [0.2, 0.25) is 0 Å². The number of nitrogens with zero attached hydrogens (tertiary/aromatic N) is 1. The van der Waals surface area contributed by atoms with Crippen LogP contribution in [0.4, 0.5) is 5.69 Å². The van der Waals surface area contributed by atoms with E-state index < -0.39 is 5.97 Å². The van der Waals surface area contributed by atoms with E-state index in [4.69, 9.17) is 4.74 Å². The first-order valence-corrected chi connectivity index (χ1v) is 7.44.